The summed E-state index contributed by atoms with van der Waals surface area (Å²) in [7, 11) is 0. The van der Waals surface area contributed by atoms with Crippen molar-refractivity contribution in [3.8, 4) is 0 Å². The molecule has 1 saturated carbocycles. The molecule has 0 aromatic rings. The first-order valence-electron chi connectivity index (χ1n) is 4.27. The van der Waals surface area contributed by atoms with Crippen LogP contribution in [-0.2, 0) is 9.59 Å². The Morgan fingerprint density at radius 1 is 1.42 bits per heavy atom. The molecular weight excluding hydrogens is 156 g/mol. The number of carbonyl (C=O) groups excluding carboxylic acids is 2. The van der Waals surface area contributed by atoms with Crippen LogP contribution in [0.3, 0.4) is 0 Å². The summed E-state index contributed by atoms with van der Waals surface area (Å²) in [6.45, 7) is 1.69. The van der Waals surface area contributed by atoms with Gasteiger partial charge in [0.2, 0.25) is 11.8 Å². The summed E-state index contributed by atoms with van der Waals surface area (Å²) in [5.74, 6) is -0.0739. The zero-order valence-electron chi connectivity index (χ0n) is 7.02. The number of hydrogen-bond donors (Lipinski definition) is 2. The lowest BCUT2D eigenvalue weighted by molar-refractivity contribution is -0.144. The van der Waals surface area contributed by atoms with Gasteiger partial charge in [-0.25, -0.2) is 0 Å². The summed E-state index contributed by atoms with van der Waals surface area (Å²) in [5, 5.41) is 5.45. The molecule has 2 rings (SSSR count). The van der Waals surface area contributed by atoms with E-state index in [1.54, 1.807) is 6.92 Å². The highest BCUT2D eigenvalue weighted by molar-refractivity contribution is 6.00. The molecule has 4 heteroatoms. The topological polar surface area (TPSA) is 58.2 Å². The van der Waals surface area contributed by atoms with Gasteiger partial charge in [0.25, 0.3) is 0 Å². The van der Waals surface area contributed by atoms with E-state index in [0.717, 1.165) is 19.3 Å². The van der Waals surface area contributed by atoms with Gasteiger partial charge in [-0.3, -0.25) is 9.59 Å². The molecule has 0 radical (unpaired) electrons. The van der Waals surface area contributed by atoms with Gasteiger partial charge in [0.05, 0.1) is 0 Å². The standard InChI is InChI=1S/C8H12N2O2/c1-5-6(11)10-8(3-2-4-8)7(12)9-5/h5H,2-4H2,1H3,(H,9,12)(H,10,11)/t5-/m1/s1. The van der Waals surface area contributed by atoms with Gasteiger partial charge in [-0.15, -0.1) is 0 Å². The van der Waals surface area contributed by atoms with Crippen molar-refractivity contribution in [3.63, 3.8) is 0 Å². The lowest BCUT2D eigenvalue weighted by atomic mass is 9.74. The van der Waals surface area contributed by atoms with Crippen LogP contribution < -0.4 is 10.6 Å². The summed E-state index contributed by atoms with van der Waals surface area (Å²) in [5.41, 5.74) is -0.538. The SMILES string of the molecule is C[C@H]1NC(=O)C2(CCC2)NC1=O. The predicted octanol–water partition coefficient (Wildman–Crippen LogP) is -0.456. The highest BCUT2D eigenvalue weighted by Gasteiger charge is 2.49. The van der Waals surface area contributed by atoms with Crippen LogP contribution in [0.15, 0.2) is 0 Å². The maximum absolute atomic E-state index is 11.4. The van der Waals surface area contributed by atoms with Crippen LogP contribution >= 0.6 is 0 Å². The van der Waals surface area contributed by atoms with Gasteiger partial charge in [-0.2, -0.15) is 0 Å². The third kappa shape index (κ3) is 0.838. The Bertz CT molecular complexity index is 245. The summed E-state index contributed by atoms with van der Waals surface area (Å²) < 4.78 is 0. The second kappa shape index (κ2) is 2.21. The fourth-order valence-corrected chi connectivity index (χ4v) is 1.68. The second-order valence-corrected chi connectivity index (χ2v) is 3.62. The van der Waals surface area contributed by atoms with Gasteiger partial charge in [0.1, 0.15) is 11.6 Å². The number of nitrogens with one attached hydrogen (secondary N) is 2. The van der Waals surface area contributed by atoms with Crippen LogP contribution in [0, 0.1) is 0 Å². The molecule has 0 bridgehead atoms. The Kier molecular flexibility index (Phi) is 1.40. The number of amides is 2. The lowest BCUT2D eigenvalue weighted by Gasteiger charge is -2.45. The first-order valence-corrected chi connectivity index (χ1v) is 4.27. The number of piperazine rings is 1. The number of hydrogen-bond acceptors (Lipinski definition) is 2. The van der Waals surface area contributed by atoms with E-state index in [1.165, 1.54) is 0 Å². The minimum atomic E-state index is -0.538. The van der Waals surface area contributed by atoms with Crippen LogP contribution in [0.4, 0.5) is 0 Å². The molecule has 1 aliphatic carbocycles. The van der Waals surface area contributed by atoms with Crippen molar-refractivity contribution in [1.29, 1.82) is 0 Å². The molecule has 1 saturated heterocycles. The average molecular weight is 168 g/mol. The van der Waals surface area contributed by atoms with Crippen molar-refractivity contribution >= 4 is 11.8 Å². The quantitative estimate of drug-likeness (QED) is 0.514. The Morgan fingerprint density at radius 3 is 2.58 bits per heavy atom. The molecule has 4 nitrogen and oxygen atoms in total. The molecule has 12 heavy (non-hydrogen) atoms. The minimum absolute atomic E-state index is 0.0131. The van der Waals surface area contributed by atoms with Gasteiger partial charge in [-0.1, -0.05) is 0 Å². The Morgan fingerprint density at radius 2 is 2.08 bits per heavy atom. The van der Waals surface area contributed by atoms with Crippen LogP contribution in [0.25, 0.3) is 0 Å². The third-order valence-corrected chi connectivity index (χ3v) is 2.75. The van der Waals surface area contributed by atoms with E-state index in [2.05, 4.69) is 10.6 Å². The van der Waals surface area contributed by atoms with E-state index >= 15 is 0 Å². The Balaban J connectivity index is 2.17. The van der Waals surface area contributed by atoms with E-state index in [1.807, 2.05) is 0 Å². The first kappa shape index (κ1) is 7.58. The molecule has 2 amide bonds. The molecule has 1 heterocycles. The zero-order chi connectivity index (χ0) is 8.77. The number of carbonyl (C=O) groups is 2. The molecule has 1 aliphatic heterocycles. The molecule has 66 valence electrons. The highest BCUT2D eigenvalue weighted by Crippen LogP contribution is 2.33. The summed E-state index contributed by atoms with van der Waals surface area (Å²) in [6, 6.07) is -0.372. The van der Waals surface area contributed by atoms with Gasteiger partial charge < -0.3 is 10.6 Å². The van der Waals surface area contributed by atoms with Crippen molar-refractivity contribution in [2.75, 3.05) is 0 Å². The summed E-state index contributed by atoms with van der Waals surface area (Å²) in [4.78, 5) is 22.7. The maximum Gasteiger partial charge on any atom is 0.246 e. The van der Waals surface area contributed by atoms with E-state index in [-0.39, 0.29) is 17.9 Å². The predicted molar refractivity (Wildman–Crippen MR) is 42.3 cm³/mol. The van der Waals surface area contributed by atoms with Gasteiger partial charge in [0, 0.05) is 0 Å². The van der Waals surface area contributed by atoms with E-state index in [0.29, 0.717) is 0 Å². The first-order chi connectivity index (χ1) is 5.64. The van der Waals surface area contributed by atoms with Crippen LogP contribution in [-0.4, -0.2) is 23.4 Å². The minimum Gasteiger partial charge on any atom is -0.343 e. The molecule has 0 aromatic carbocycles. The third-order valence-electron chi connectivity index (χ3n) is 2.75. The summed E-state index contributed by atoms with van der Waals surface area (Å²) >= 11 is 0. The van der Waals surface area contributed by atoms with Gasteiger partial charge in [0.15, 0.2) is 0 Å². The fraction of sp³-hybridized carbons (Fsp3) is 0.750. The number of rotatable bonds is 0. The molecule has 0 unspecified atom stereocenters. The molecule has 0 aromatic heterocycles. The molecule has 2 aliphatic rings. The highest BCUT2D eigenvalue weighted by atomic mass is 16.2. The molecule has 2 N–H and O–H groups in total. The van der Waals surface area contributed by atoms with Crippen molar-refractivity contribution in [2.24, 2.45) is 0 Å². The van der Waals surface area contributed by atoms with E-state index in [4.69, 9.17) is 0 Å². The van der Waals surface area contributed by atoms with Gasteiger partial charge in [-0.05, 0) is 26.2 Å². The Labute approximate surface area is 70.7 Å². The normalized spacial score (nSPS) is 32.2. The Hall–Kier alpha value is -1.06. The smallest absolute Gasteiger partial charge is 0.246 e. The van der Waals surface area contributed by atoms with E-state index < -0.39 is 5.54 Å². The van der Waals surface area contributed by atoms with Crippen molar-refractivity contribution in [3.05, 3.63) is 0 Å². The van der Waals surface area contributed by atoms with Gasteiger partial charge >= 0.3 is 0 Å². The zero-order valence-corrected chi connectivity index (χ0v) is 7.02. The van der Waals surface area contributed by atoms with Crippen LogP contribution in [0.5, 0.6) is 0 Å². The molecule has 1 spiro atoms. The molecule has 2 fully saturated rings. The van der Waals surface area contributed by atoms with Crippen molar-refractivity contribution < 1.29 is 9.59 Å². The summed E-state index contributed by atoms with van der Waals surface area (Å²) in [6.07, 6.45) is 2.61. The second-order valence-electron chi connectivity index (χ2n) is 3.62. The average Bonchev–Trinajstić information content (AvgIpc) is 1.93. The molecular formula is C8H12N2O2. The monoisotopic (exact) mass is 168 g/mol. The van der Waals surface area contributed by atoms with E-state index in [9.17, 15) is 9.59 Å². The van der Waals surface area contributed by atoms with Crippen molar-refractivity contribution in [1.82, 2.24) is 10.6 Å². The lowest BCUT2D eigenvalue weighted by Crippen LogP contribution is -2.71. The maximum atomic E-state index is 11.4. The largest absolute Gasteiger partial charge is 0.343 e. The van der Waals surface area contributed by atoms with Crippen LogP contribution in [0.2, 0.25) is 0 Å². The van der Waals surface area contributed by atoms with Crippen molar-refractivity contribution in [2.45, 2.75) is 37.8 Å². The fourth-order valence-electron chi connectivity index (χ4n) is 1.68. The molecule has 1 atom stereocenters. The van der Waals surface area contributed by atoms with Crippen LogP contribution in [0.1, 0.15) is 26.2 Å².